The van der Waals surface area contributed by atoms with Gasteiger partial charge in [-0.15, -0.1) is 0 Å². The molecule has 0 saturated heterocycles. The quantitative estimate of drug-likeness (QED) is 0.645. The number of hydrogen-bond donors (Lipinski definition) is 1. The van der Waals surface area contributed by atoms with E-state index in [9.17, 15) is 18.0 Å². The third-order valence-electron chi connectivity index (χ3n) is 4.56. The Kier molecular flexibility index (Phi) is 5.27. The third-order valence-corrected chi connectivity index (χ3v) is 4.56. The Morgan fingerprint density at radius 2 is 1.71 bits per heavy atom. The molecule has 0 saturated carbocycles. The zero-order valence-corrected chi connectivity index (χ0v) is 15.6. The van der Waals surface area contributed by atoms with E-state index in [2.05, 4.69) is 10.5 Å². The predicted octanol–water partition coefficient (Wildman–Crippen LogP) is 5.47. The SMILES string of the molecule is Cc1noc(C)c1C(C)NC(=O)c1ccccc1-c1ccc(C(F)(F)F)cc1. The van der Waals surface area contributed by atoms with Crippen molar-refractivity contribution >= 4 is 5.91 Å². The first kappa shape index (κ1) is 19.7. The molecule has 0 radical (unpaired) electrons. The lowest BCUT2D eigenvalue weighted by atomic mass is 9.97. The molecule has 0 aliphatic heterocycles. The Bertz CT molecular complexity index is 972. The van der Waals surface area contributed by atoms with E-state index in [1.807, 2.05) is 6.92 Å². The Labute approximate surface area is 160 Å². The second-order valence-corrected chi connectivity index (χ2v) is 6.55. The molecule has 1 N–H and O–H groups in total. The largest absolute Gasteiger partial charge is 0.416 e. The molecule has 0 bridgehead atoms. The van der Waals surface area contributed by atoms with Crippen LogP contribution >= 0.6 is 0 Å². The first-order chi connectivity index (χ1) is 13.2. The molecular formula is C21H19F3N2O2. The van der Waals surface area contributed by atoms with Crippen molar-refractivity contribution in [3.63, 3.8) is 0 Å². The van der Waals surface area contributed by atoms with Gasteiger partial charge >= 0.3 is 6.18 Å². The molecule has 1 atom stereocenters. The highest BCUT2D eigenvalue weighted by atomic mass is 19.4. The number of aromatic nitrogens is 1. The van der Waals surface area contributed by atoms with Gasteiger partial charge in [0.05, 0.1) is 17.3 Å². The first-order valence-electron chi connectivity index (χ1n) is 8.68. The summed E-state index contributed by atoms with van der Waals surface area (Å²) in [4.78, 5) is 12.9. The first-order valence-corrected chi connectivity index (χ1v) is 8.68. The number of amides is 1. The summed E-state index contributed by atoms with van der Waals surface area (Å²) in [6.45, 7) is 5.39. The molecule has 0 aliphatic carbocycles. The van der Waals surface area contributed by atoms with Crippen LogP contribution in [0.2, 0.25) is 0 Å². The summed E-state index contributed by atoms with van der Waals surface area (Å²) in [7, 11) is 0. The van der Waals surface area contributed by atoms with Crippen LogP contribution in [-0.2, 0) is 6.18 Å². The van der Waals surface area contributed by atoms with Gasteiger partial charge in [0.15, 0.2) is 0 Å². The standard InChI is InChI=1S/C21H19F3N2O2/c1-12(19-13(2)26-28-14(19)3)25-20(27)18-7-5-4-6-17(18)15-8-10-16(11-9-15)21(22,23)24/h4-12H,1-3H3,(H,25,27). The van der Waals surface area contributed by atoms with Crippen molar-refractivity contribution in [1.29, 1.82) is 0 Å². The molecule has 3 aromatic rings. The van der Waals surface area contributed by atoms with Crippen LogP contribution in [0.3, 0.4) is 0 Å². The minimum absolute atomic E-state index is 0.331. The Balaban J connectivity index is 1.89. The van der Waals surface area contributed by atoms with E-state index in [-0.39, 0.29) is 11.9 Å². The zero-order chi connectivity index (χ0) is 20.5. The van der Waals surface area contributed by atoms with Crippen molar-refractivity contribution in [2.24, 2.45) is 0 Å². The van der Waals surface area contributed by atoms with E-state index in [4.69, 9.17) is 4.52 Å². The van der Waals surface area contributed by atoms with Crippen LogP contribution < -0.4 is 5.32 Å². The minimum Gasteiger partial charge on any atom is -0.361 e. The highest BCUT2D eigenvalue weighted by Gasteiger charge is 2.30. The number of nitrogens with zero attached hydrogens (tertiary/aromatic N) is 1. The molecule has 3 rings (SSSR count). The van der Waals surface area contributed by atoms with Gasteiger partial charge in [-0.05, 0) is 50.1 Å². The number of alkyl halides is 3. The monoisotopic (exact) mass is 388 g/mol. The normalized spacial score (nSPS) is 12.6. The average Bonchev–Trinajstić information content (AvgIpc) is 2.99. The van der Waals surface area contributed by atoms with Crippen LogP contribution in [-0.4, -0.2) is 11.1 Å². The topological polar surface area (TPSA) is 55.1 Å². The summed E-state index contributed by atoms with van der Waals surface area (Å²) in [6.07, 6.45) is -4.40. The van der Waals surface area contributed by atoms with Gasteiger partial charge in [-0.2, -0.15) is 13.2 Å². The molecule has 1 amide bonds. The summed E-state index contributed by atoms with van der Waals surface area (Å²) < 4.78 is 43.5. The van der Waals surface area contributed by atoms with Crippen molar-refractivity contribution in [3.8, 4) is 11.1 Å². The van der Waals surface area contributed by atoms with Crippen LogP contribution in [0.1, 0.15) is 45.9 Å². The maximum absolute atomic E-state index is 12.9. The lowest BCUT2D eigenvalue weighted by molar-refractivity contribution is -0.137. The lowest BCUT2D eigenvalue weighted by Gasteiger charge is -2.16. The van der Waals surface area contributed by atoms with Gasteiger partial charge in [-0.1, -0.05) is 35.5 Å². The van der Waals surface area contributed by atoms with E-state index in [1.54, 1.807) is 38.1 Å². The summed E-state index contributed by atoms with van der Waals surface area (Å²) in [5.41, 5.74) is 2.23. The molecule has 146 valence electrons. The van der Waals surface area contributed by atoms with Crippen molar-refractivity contribution in [2.75, 3.05) is 0 Å². The molecule has 4 nitrogen and oxygen atoms in total. The number of benzene rings is 2. The van der Waals surface area contributed by atoms with Crippen molar-refractivity contribution in [2.45, 2.75) is 33.0 Å². The third kappa shape index (κ3) is 3.93. The van der Waals surface area contributed by atoms with E-state index < -0.39 is 11.7 Å². The van der Waals surface area contributed by atoms with Crippen LogP contribution in [0.15, 0.2) is 53.1 Å². The highest BCUT2D eigenvalue weighted by Crippen LogP contribution is 2.32. The van der Waals surface area contributed by atoms with E-state index in [1.165, 1.54) is 12.1 Å². The maximum Gasteiger partial charge on any atom is 0.416 e. The maximum atomic E-state index is 12.9. The smallest absolute Gasteiger partial charge is 0.361 e. The van der Waals surface area contributed by atoms with Gasteiger partial charge in [0.25, 0.3) is 5.91 Å². The predicted molar refractivity (Wildman–Crippen MR) is 98.7 cm³/mol. The molecule has 0 aliphatic rings. The molecule has 1 unspecified atom stereocenters. The van der Waals surface area contributed by atoms with Gasteiger partial charge in [0.1, 0.15) is 5.76 Å². The minimum atomic E-state index is -4.40. The molecular weight excluding hydrogens is 369 g/mol. The average molecular weight is 388 g/mol. The van der Waals surface area contributed by atoms with Gasteiger partial charge in [0.2, 0.25) is 0 Å². The zero-order valence-electron chi connectivity index (χ0n) is 15.6. The van der Waals surface area contributed by atoms with Crippen molar-refractivity contribution < 1.29 is 22.5 Å². The Morgan fingerprint density at radius 1 is 1.07 bits per heavy atom. The number of hydrogen-bond acceptors (Lipinski definition) is 3. The number of rotatable bonds is 4. The van der Waals surface area contributed by atoms with Crippen LogP contribution in [0.25, 0.3) is 11.1 Å². The fraction of sp³-hybridized carbons (Fsp3) is 0.238. The van der Waals surface area contributed by atoms with Gasteiger partial charge in [-0.3, -0.25) is 4.79 Å². The summed E-state index contributed by atoms with van der Waals surface area (Å²) >= 11 is 0. The van der Waals surface area contributed by atoms with Crippen molar-refractivity contribution in [1.82, 2.24) is 10.5 Å². The van der Waals surface area contributed by atoms with E-state index in [0.717, 1.165) is 17.7 Å². The van der Waals surface area contributed by atoms with Crippen LogP contribution in [0.5, 0.6) is 0 Å². The van der Waals surface area contributed by atoms with Gasteiger partial charge in [0, 0.05) is 11.1 Å². The van der Waals surface area contributed by atoms with E-state index >= 15 is 0 Å². The fourth-order valence-corrected chi connectivity index (χ4v) is 3.23. The number of nitrogens with one attached hydrogen (secondary N) is 1. The summed E-state index contributed by atoms with van der Waals surface area (Å²) in [5.74, 6) is 0.296. The second kappa shape index (κ2) is 7.50. The summed E-state index contributed by atoms with van der Waals surface area (Å²) in [6, 6.07) is 11.2. The van der Waals surface area contributed by atoms with Gasteiger partial charge < -0.3 is 9.84 Å². The molecule has 1 heterocycles. The van der Waals surface area contributed by atoms with Gasteiger partial charge in [-0.25, -0.2) is 0 Å². The Morgan fingerprint density at radius 3 is 2.29 bits per heavy atom. The number of carbonyl (C=O) groups is 1. The molecule has 28 heavy (non-hydrogen) atoms. The number of halogens is 3. The van der Waals surface area contributed by atoms with Crippen LogP contribution in [0, 0.1) is 13.8 Å². The molecule has 0 spiro atoms. The molecule has 0 fully saturated rings. The fourth-order valence-electron chi connectivity index (χ4n) is 3.23. The molecule has 1 aromatic heterocycles. The molecule has 2 aromatic carbocycles. The molecule has 7 heteroatoms. The van der Waals surface area contributed by atoms with Crippen molar-refractivity contribution in [3.05, 3.63) is 76.7 Å². The second-order valence-electron chi connectivity index (χ2n) is 6.55. The number of aryl methyl sites for hydroxylation is 2. The van der Waals surface area contributed by atoms with E-state index in [0.29, 0.717) is 28.1 Å². The summed E-state index contributed by atoms with van der Waals surface area (Å²) in [5, 5.41) is 6.80. The van der Waals surface area contributed by atoms with Crippen LogP contribution in [0.4, 0.5) is 13.2 Å². The number of carbonyl (C=O) groups excluding carboxylic acids is 1. The lowest BCUT2D eigenvalue weighted by Crippen LogP contribution is -2.27. The highest BCUT2D eigenvalue weighted by molar-refractivity contribution is 6.01. The Hall–Kier alpha value is -3.09.